The molecule has 0 saturated heterocycles. The van der Waals surface area contributed by atoms with E-state index in [1.165, 1.54) is 6.07 Å². The lowest BCUT2D eigenvalue weighted by Gasteiger charge is -2.25. The van der Waals surface area contributed by atoms with Crippen LogP contribution in [0.5, 0.6) is 0 Å². The van der Waals surface area contributed by atoms with Gasteiger partial charge in [-0.05, 0) is 48.6 Å². The van der Waals surface area contributed by atoms with E-state index in [1.54, 1.807) is 12.3 Å². The third-order valence-corrected chi connectivity index (χ3v) is 3.82. The van der Waals surface area contributed by atoms with Crippen LogP contribution in [0.2, 0.25) is 0 Å². The van der Waals surface area contributed by atoms with Crippen LogP contribution in [0.15, 0.2) is 36.5 Å². The van der Waals surface area contributed by atoms with Crippen LogP contribution in [-0.2, 0) is 6.42 Å². The topological polar surface area (TPSA) is 50.2 Å². The molecule has 1 aromatic heterocycles. The number of hydrogen-bond acceptors (Lipinski definition) is 2. The third-order valence-electron chi connectivity index (χ3n) is 3.82. The monoisotopic (exact) mass is 271 g/mol. The number of carbonyl (C=O) groups is 1. The number of aryl methyl sites for hydroxylation is 1. The summed E-state index contributed by atoms with van der Waals surface area (Å²) in [6, 6.07) is 8.04. The zero-order valence-corrected chi connectivity index (χ0v) is 10.8. The van der Waals surface area contributed by atoms with E-state index in [9.17, 15) is 9.18 Å². The molecule has 4 heteroatoms. The van der Waals surface area contributed by atoms with Crippen LogP contribution in [0.3, 0.4) is 0 Å². The second kappa shape index (κ2) is 5.04. The lowest BCUT2D eigenvalue weighted by atomic mass is 9.82. The second-order valence-electron chi connectivity index (χ2n) is 5.03. The van der Waals surface area contributed by atoms with E-state index in [0.29, 0.717) is 5.56 Å². The molecule has 3 nitrogen and oxygen atoms in total. The first-order valence-electron chi connectivity index (χ1n) is 6.63. The van der Waals surface area contributed by atoms with Crippen LogP contribution in [0.25, 0.3) is 0 Å². The molecule has 0 amide bonds. The summed E-state index contributed by atoms with van der Waals surface area (Å²) in [6.07, 6.45) is 4.52. The van der Waals surface area contributed by atoms with Gasteiger partial charge >= 0.3 is 5.97 Å². The minimum Gasteiger partial charge on any atom is -0.478 e. The van der Waals surface area contributed by atoms with E-state index in [-0.39, 0.29) is 11.5 Å². The molecule has 1 aromatic carbocycles. The van der Waals surface area contributed by atoms with E-state index in [1.807, 2.05) is 12.1 Å². The summed E-state index contributed by atoms with van der Waals surface area (Å²) >= 11 is 0. The Labute approximate surface area is 116 Å². The number of pyridine rings is 1. The summed E-state index contributed by atoms with van der Waals surface area (Å²) in [7, 11) is 0. The van der Waals surface area contributed by atoms with Crippen molar-refractivity contribution in [3.05, 3.63) is 64.7 Å². The predicted octanol–water partition coefficient (Wildman–Crippen LogP) is 3.39. The summed E-state index contributed by atoms with van der Waals surface area (Å²) in [6.45, 7) is 0. The first-order valence-corrected chi connectivity index (χ1v) is 6.63. The highest BCUT2D eigenvalue weighted by atomic mass is 19.1. The lowest BCUT2D eigenvalue weighted by Crippen LogP contribution is -2.14. The molecule has 1 N–H and O–H groups in total. The quantitative estimate of drug-likeness (QED) is 0.910. The Bertz CT molecular complexity index is 669. The van der Waals surface area contributed by atoms with Gasteiger partial charge in [-0.25, -0.2) is 9.18 Å². The highest BCUT2D eigenvalue weighted by Gasteiger charge is 2.25. The van der Waals surface area contributed by atoms with Gasteiger partial charge in [0.2, 0.25) is 0 Å². The number of halogens is 1. The number of benzene rings is 1. The number of nitrogens with zero attached hydrogens (tertiary/aromatic N) is 1. The van der Waals surface area contributed by atoms with Crippen LogP contribution in [-0.4, -0.2) is 16.1 Å². The minimum atomic E-state index is -1.11. The summed E-state index contributed by atoms with van der Waals surface area (Å²) in [5.41, 5.74) is 2.59. The van der Waals surface area contributed by atoms with Gasteiger partial charge in [0.1, 0.15) is 5.82 Å². The number of fused-ring (bicyclic) bond motifs is 1. The fraction of sp³-hybridized carbons (Fsp3) is 0.250. The van der Waals surface area contributed by atoms with Crippen molar-refractivity contribution in [2.45, 2.75) is 25.2 Å². The number of hydrogen-bond donors (Lipinski definition) is 1. The molecule has 20 heavy (non-hydrogen) atoms. The van der Waals surface area contributed by atoms with E-state index >= 15 is 0 Å². The molecule has 0 saturated carbocycles. The van der Waals surface area contributed by atoms with E-state index < -0.39 is 11.8 Å². The fourth-order valence-corrected chi connectivity index (χ4v) is 2.85. The maximum absolute atomic E-state index is 14.2. The summed E-state index contributed by atoms with van der Waals surface area (Å²) in [5, 5.41) is 8.89. The van der Waals surface area contributed by atoms with Gasteiger partial charge in [0, 0.05) is 12.1 Å². The Kier molecular flexibility index (Phi) is 3.22. The maximum Gasteiger partial charge on any atom is 0.335 e. The Morgan fingerprint density at radius 1 is 1.35 bits per heavy atom. The zero-order chi connectivity index (χ0) is 14.1. The maximum atomic E-state index is 14.2. The molecule has 1 aliphatic carbocycles. The van der Waals surface area contributed by atoms with Gasteiger partial charge in [0.25, 0.3) is 0 Å². The average Bonchev–Trinajstić information content (AvgIpc) is 2.46. The zero-order valence-electron chi connectivity index (χ0n) is 10.8. The normalized spacial score (nSPS) is 17.6. The molecule has 3 rings (SSSR count). The summed E-state index contributed by atoms with van der Waals surface area (Å²) in [4.78, 5) is 15.3. The van der Waals surface area contributed by atoms with Crippen molar-refractivity contribution in [2.75, 3.05) is 0 Å². The average molecular weight is 271 g/mol. The number of carboxylic acid groups (broad SMARTS) is 1. The van der Waals surface area contributed by atoms with E-state index in [4.69, 9.17) is 5.11 Å². The van der Waals surface area contributed by atoms with Crippen LogP contribution in [0, 0.1) is 5.82 Å². The van der Waals surface area contributed by atoms with Crippen molar-refractivity contribution < 1.29 is 14.3 Å². The van der Waals surface area contributed by atoms with Crippen molar-refractivity contribution >= 4 is 5.97 Å². The van der Waals surface area contributed by atoms with Gasteiger partial charge in [-0.3, -0.25) is 4.98 Å². The van der Waals surface area contributed by atoms with E-state index in [2.05, 4.69) is 4.98 Å². The molecule has 0 aliphatic heterocycles. The first kappa shape index (κ1) is 12.8. The Morgan fingerprint density at radius 2 is 2.20 bits per heavy atom. The molecule has 1 unspecified atom stereocenters. The number of aromatic carboxylic acids is 1. The first-order chi connectivity index (χ1) is 9.66. The van der Waals surface area contributed by atoms with Crippen LogP contribution >= 0.6 is 0 Å². The Balaban J connectivity index is 2.04. The van der Waals surface area contributed by atoms with Crippen molar-refractivity contribution in [1.82, 2.24) is 4.98 Å². The SMILES string of the molecule is O=C(O)c1ccc(C2CCCc3cccnc32)c(F)c1. The molecule has 1 atom stereocenters. The largest absolute Gasteiger partial charge is 0.478 e. The third kappa shape index (κ3) is 2.18. The predicted molar refractivity (Wildman–Crippen MR) is 72.4 cm³/mol. The Morgan fingerprint density at radius 3 is 2.95 bits per heavy atom. The Hall–Kier alpha value is -2.23. The van der Waals surface area contributed by atoms with Crippen molar-refractivity contribution in [3.8, 4) is 0 Å². The minimum absolute atomic E-state index is 0.0247. The molecular formula is C16H14FNO2. The fourth-order valence-electron chi connectivity index (χ4n) is 2.85. The van der Waals surface area contributed by atoms with Crippen LogP contribution in [0.4, 0.5) is 4.39 Å². The van der Waals surface area contributed by atoms with Gasteiger partial charge < -0.3 is 5.11 Å². The van der Waals surface area contributed by atoms with Crippen molar-refractivity contribution in [1.29, 1.82) is 0 Å². The molecule has 0 bridgehead atoms. The van der Waals surface area contributed by atoms with Crippen LogP contribution < -0.4 is 0 Å². The molecular weight excluding hydrogens is 257 g/mol. The van der Waals surface area contributed by atoms with Gasteiger partial charge in [0.05, 0.1) is 11.3 Å². The standard InChI is InChI=1S/C16H14FNO2/c17-14-9-11(16(19)20)6-7-12(14)13-5-1-3-10-4-2-8-18-15(10)13/h2,4,6-9,13H,1,3,5H2,(H,19,20). The van der Waals surface area contributed by atoms with E-state index in [0.717, 1.165) is 36.6 Å². The summed E-state index contributed by atoms with van der Waals surface area (Å²) < 4.78 is 14.2. The molecule has 0 spiro atoms. The van der Waals surface area contributed by atoms with Gasteiger partial charge in [0.15, 0.2) is 0 Å². The van der Waals surface area contributed by atoms with Gasteiger partial charge in [-0.1, -0.05) is 12.1 Å². The molecule has 0 fully saturated rings. The molecule has 0 radical (unpaired) electrons. The highest BCUT2D eigenvalue weighted by molar-refractivity contribution is 5.87. The summed E-state index contributed by atoms with van der Waals surface area (Å²) in [5.74, 6) is -1.66. The molecule has 1 heterocycles. The van der Waals surface area contributed by atoms with Crippen molar-refractivity contribution in [2.24, 2.45) is 0 Å². The van der Waals surface area contributed by atoms with Gasteiger partial charge in [-0.2, -0.15) is 0 Å². The van der Waals surface area contributed by atoms with Crippen LogP contribution in [0.1, 0.15) is 45.9 Å². The number of aromatic nitrogens is 1. The molecule has 2 aromatic rings. The van der Waals surface area contributed by atoms with Gasteiger partial charge in [-0.15, -0.1) is 0 Å². The van der Waals surface area contributed by atoms with Crippen molar-refractivity contribution in [3.63, 3.8) is 0 Å². The number of rotatable bonds is 2. The molecule has 1 aliphatic rings. The number of carboxylic acids is 1. The lowest BCUT2D eigenvalue weighted by molar-refractivity contribution is 0.0696. The second-order valence-corrected chi connectivity index (χ2v) is 5.03. The molecule has 102 valence electrons. The highest BCUT2D eigenvalue weighted by Crippen LogP contribution is 2.36. The smallest absolute Gasteiger partial charge is 0.335 e.